The largest absolute Gasteiger partial charge is 0.384 e. The molecule has 0 amide bonds. The van der Waals surface area contributed by atoms with E-state index in [2.05, 4.69) is 5.10 Å². The molecule has 0 saturated heterocycles. The van der Waals surface area contributed by atoms with E-state index in [4.69, 9.17) is 11.6 Å². The zero-order valence-electron chi connectivity index (χ0n) is 9.95. The third-order valence-electron chi connectivity index (χ3n) is 2.84. The summed E-state index contributed by atoms with van der Waals surface area (Å²) < 4.78 is 1.78. The van der Waals surface area contributed by atoms with Crippen molar-refractivity contribution in [1.29, 1.82) is 0 Å². The maximum atomic E-state index is 10.4. The van der Waals surface area contributed by atoms with Gasteiger partial charge in [-0.05, 0) is 26.7 Å². The predicted molar refractivity (Wildman–Crippen MR) is 62.0 cm³/mol. The van der Waals surface area contributed by atoms with Crippen molar-refractivity contribution in [3.63, 3.8) is 0 Å². The Morgan fingerprint density at radius 3 is 2.33 bits per heavy atom. The summed E-state index contributed by atoms with van der Waals surface area (Å²) in [5, 5.41) is 15.1. The molecule has 1 aromatic rings. The summed E-state index contributed by atoms with van der Waals surface area (Å²) >= 11 is 6.07. The van der Waals surface area contributed by atoms with Crippen molar-refractivity contribution in [1.82, 2.24) is 9.78 Å². The molecule has 0 bridgehead atoms. The van der Waals surface area contributed by atoms with E-state index in [1.807, 2.05) is 27.7 Å². The lowest BCUT2D eigenvalue weighted by Gasteiger charge is -2.30. The van der Waals surface area contributed by atoms with Crippen LogP contribution in [0.2, 0.25) is 5.02 Å². The number of aromatic nitrogens is 2. The summed E-state index contributed by atoms with van der Waals surface area (Å²) in [6.45, 7) is 9.74. The van der Waals surface area contributed by atoms with Gasteiger partial charge in [-0.2, -0.15) is 5.10 Å². The van der Waals surface area contributed by atoms with Gasteiger partial charge in [0, 0.05) is 6.04 Å². The van der Waals surface area contributed by atoms with E-state index in [-0.39, 0.29) is 12.0 Å². The van der Waals surface area contributed by atoms with Crippen LogP contribution in [0.25, 0.3) is 0 Å². The van der Waals surface area contributed by atoms with Crippen molar-refractivity contribution in [3.05, 3.63) is 16.9 Å². The third-order valence-corrected chi connectivity index (χ3v) is 3.12. The average molecular weight is 231 g/mol. The minimum absolute atomic E-state index is 0.0872. The first kappa shape index (κ1) is 12.5. The third kappa shape index (κ3) is 2.18. The molecular formula is C11H19ClN2O. The summed E-state index contributed by atoms with van der Waals surface area (Å²) in [7, 11) is 0. The Morgan fingerprint density at radius 2 is 1.93 bits per heavy atom. The van der Waals surface area contributed by atoms with Gasteiger partial charge < -0.3 is 5.11 Å². The Labute approximate surface area is 96.1 Å². The van der Waals surface area contributed by atoms with Crippen molar-refractivity contribution in [2.24, 2.45) is 5.92 Å². The Kier molecular flexibility index (Phi) is 3.46. The van der Waals surface area contributed by atoms with Crippen molar-refractivity contribution < 1.29 is 5.11 Å². The number of hydrogen-bond acceptors (Lipinski definition) is 2. The van der Waals surface area contributed by atoms with Gasteiger partial charge in [0.05, 0.1) is 16.9 Å². The second-order valence-electron chi connectivity index (χ2n) is 4.68. The molecule has 1 heterocycles. The minimum Gasteiger partial charge on any atom is -0.384 e. The zero-order valence-corrected chi connectivity index (χ0v) is 10.7. The molecule has 0 spiro atoms. The van der Waals surface area contributed by atoms with Crippen LogP contribution >= 0.6 is 11.6 Å². The molecule has 15 heavy (non-hydrogen) atoms. The molecule has 4 heteroatoms. The lowest BCUT2D eigenvalue weighted by molar-refractivity contribution is -0.000349. The first-order valence-electron chi connectivity index (χ1n) is 5.24. The molecule has 1 unspecified atom stereocenters. The monoisotopic (exact) mass is 230 g/mol. The fraction of sp³-hybridized carbons (Fsp3) is 0.727. The van der Waals surface area contributed by atoms with Crippen LogP contribution in [0.3, 0.4) is 0 Å². The molecule has 1 rings (SSSR count). The standard InChI is InChI=1S/C11H19ClN2O/c1-7(2)11(5,15)10-9(12)6-13-14(10)8(3)4/h6-8,15H,1-5H3. The highest BCUT2D eigenvalue weighted by Gasteiger charge is 2.34. The maximum absolute atomic E-state index is 10.4. The van der Waals surface area contributed by atoms with E-state index in [0.717, 1.165) is 0 Å². The van der Waals surface area contributed by atoms with E-state index in [0.29, 0.717) is 10.7 Å². The van der Waals surface area contributed by atoms with Crippen molar-refractivity contribution >= 4 is 11.6 Å². The number of hydrogen-bond donors (Lipinski definition) is 1. The molecule has 1 aromatic heterocycles. The number of halogens is 1. The van der Waals surface area contributed by atoms with E-state index >= 15 is 0 Å². The molecule has 0 fully saturated rings. The van der Waals surface area contributed by atoms with Gasteiger partial charge in [0.15, 0.2) is 0 Å². The Morgan fingerprint density at radius 1 is 1.40 bits per heavy atom. The normalized spacial score (nSPS) is 16.1. The van der Waals surface area contributed by atoms with Gasteiger partial charge in [-0.1, -0.05) is 25.4 Å². The van der Waals surface area contributed by atoms with Crippen molar-refractivity contribution in [3.8, 4) is 0 Å². The molecule has 0 saturated carbocycles. The number of rotatable bonds is 3. The summed E-state index contributed by atoms with van der Waals surface area (Å²) in [4.78, 5) is 0. The topological polar surface area (TPSA) is 38.0 Å². The average Bonchev–Trinajstić information content (AvgIpc) is 2.47. The minimum atomic E-state index is -0.947. The molecule has 0 aliphatic rings. The lowest BCUT2D eigenvalue weighted by atomic mass is 9.89. The molecule has 1 atom stereocenters. The first-order chi connectivity index (χ1) is 6.78. The van der Waals surface area contributed by atoms with Crippen LogP contribution in [0.4, 0.5) is 0 Å². The Hall–Kier alpha value is -0.540. The van der Waals surface area contributed by atoms with Gasteiger partial charge >= 0.3 is 0 Å². The van der Waals surface area contributed by atoms with E-state index in [9.17, 15) is 5.11 Å². The SMILES string of the molecule is CC(C)n1ncc(Cl)c1C(C)(O)C(C)C. The van der Waals surface area contributed by atoms with Crippen LogP contribution in [0.1, 0.15) is 46.4 Å². The molecule has 3 nitrogen and oxygen atoms in total. The Bertz CT molecular complexity index is 342. The van der Waals surface area contributed by atoms with Gasteiger partial charge in [0.2, 0.25) is 0 Å². The van der Waals surface area contributed by atoms with Gasteiger partial charge in [-0.3, -0.25) is 4.68 Å². The summed E-state index contributed by atoms with van der Waals surface area (Å²) in [6, 6.07) is 0.192. The van der Waals surface area contributed by atoms with E-state index < -0.39 is 5.60 Å². The highest BCUT2D eigenvalue weighted by atomic mass is 35.5. The highest BCUT2D eigenvalue weighted by Crippen LogP contribution is 2.35. The van der Waals surface area contributed by atoms with E-state index in [1.165, 1.54) is 0 Å². The van der Waals surface area contributed by atoms with Crippen LogP contribution in [0, 0.1) is 5.92 Å². The van der Waals surface area contributed by atoms with Crippen molar-refractivity contribution in [2.75, 3.05) is 0 Å². The fourth-order valence-electron chi connectivity index (χ4n) is 1.48. The van der Waals surface area contributed by atoms with Gasteiger partial charge in [-0.15, -0.1) is 0 Å². The molecular weight excluding hydrogens is 212 g/mol. The molecule has 0 aliphatic carbocycles. The molecule has 0 aliphatic heterocycles. The predicted octanol–water partition coefficient (Wildman–Crippen LogP) is 2.98. The highest BCUT2D eigenvalue weighted by molar-refractivity contribution is 6.31. The lowest BCUT2D eigenvalue weighted by Crippen LogP contribution is -2.32. The van der Waals surface area contributed by atoms with Crippen LogP contribution in [0.15, 0.2) is 6.20 Å². The molecule has 0 radical (unpaired) electrons. The summed E-state index contributed by atoms with van der Waals surface area (Å²) in [6.07, 6.45) is 1.59. The van der Waals surface area contributed by atoms with Crippen LogP contribution < -0.4 is 0 Å². The second-order valence-corrected chi connectivity index (χ2v) is 5.09. The maximum Gasteiger partial charge on any atom is 0.107 e. The molecule has 1 N–H and O–H groups in total. The van der Waals surface area contributed by atoms with Gasteiger partial charge in [0.1, 0.15) is 5.60 Å². The van der Waals surface area contributed by atoms with Crippen LogP contribution in [-0.4, -0.2) is 14.9 Å². The van der Waals surface area contributed by atoms with Gasteiger partial charge in [-0.25, -0.2) is 0 Å². The van der Waals surface area contributed by atoms with E-state index in [1.54, 1.807) is 17.8 Å². The Balaban J connectivity index is 3.29. The number of nitrogens with zero attached hydrogens (tertiary/aromatic N) is 2. The van der Waals surface area contributed by atoms with Crippen molar-refractivity contribution in [2.45, 2.75) is 46.3 Å². The second kappa shape index (κ2) is 4.14. The first-order valence-corrected chi connectivity index (χ1v) is 5.62. The molecule has 0 aromatic carbocycles. The summed E-state index contributed by atoms with van der Waals surface area (Å²) in [5.74, 6) is 0.0872. The van der Waals surface area contributed by atoms with Crippen LogP contribution in [-0.2, 0) is 5.60 Å². The smallest absolute Gasteiger partial charge is 0.107 e. The number of aliphatic hydroxyl groups is 1. The zero-order chi connectivity index (χ0) is 11.8. The summed E-state index contributed by atoms with van der Waals surface area (Å²) in [5.41, 5.74) is -0.244. The quantitative estimate of drug-likeness (QED) is 0.867. The van der Waals surface area contributed by atoms with Gasteiger partial charge in [0.25, 0.3) is 0 Å². The fourth-order valence-corrected chi connectivity index (χ4v) is 1.80. The molecule has 86 valence electrons. The van der Waals surface area contributed by atoms with Crippen LogP contribution in [0.5, 0.6) is 0 Å².